The molecule has 9 nitrogen and oxygen atoms in total. The van der Waals surface area contributed by atoms with Gasteiger partial charge in [0.25, 0.3) is 0 Å². The molecule has 0 aromatic heterocycles. The van der Waals surface area contributed by atoms with Crippen molar-refractivity contribution in [2.45, 2.75) is 24.4 Å². The van der Waals surface area contributed by atoms with Gasteiger partial charge in [-0.2, -0.15) is 0 Å². The number of hydrogen-bond donors (Lipinski definition) is 6. The summed E-state index contributed by atoms with van der Waals surface area (Å²) in [7, 11) is 0. The summed E-state index contributed by atoms with van der Waals surface area (Å²) in [5.41, 5.74) is 0. The van der Waals surface area contributed by atoms with Gasteiger partial charge in [0.05, 0.1) is 0 Å². The molecule has 0 bridgehead atoms. The van der Waals surface area contributed by atoms with Gasteiger partial charge in [-0.15, -0.1) is 0 Å². The van der Waals surface area contributed by atoms with Crippen LogP contribution in [0.2, 0.25) is 0 Å². The van der Waals surface area contributed by atoms with Crippen LogP contribution < -0.4 is 0 Å². The zero-order chi connectivity index (χ0) is 11.5. The topological polar surface area (TPSA) is 187 Å². The molecule has 4 atom stereocenters. The average Bonchev–Trinajstić information content (AvgIpc) is 2.12. The van der Waals surface area contributed by atoms with Crippen molar-refractivity contribution >= 4 is 11.9 Å². The van der Waals surface area contributed by atoms with E-state index in [1.807, 2.05) is 0 Å². The van der Waals surface area contributed by atoms with Crippen molar-refractivity contribution in [2.75, 3.05) is 0 Å². The molecule has 0 heterocycles. The van der Waals surface area contributed by atoms with Gasteiger partial charge >= 0.3 is 11.9 Å². The summed E-state index contributed by atoms with van der Waals surface area (Å²) in [5.74, 6) is -3.68. The quantitative estimate of drug-likeness (QED) is 0.292. The van der Waals surface area contributed by atoms with E-state index in [4.69, 9.17) is 30.6 Å². The number of carboxylic acid groups (broad SMARTS) is 2. The van der Waals surface area contributed by atoms with Crippen molar-refractivity contribution in [1.29, 1.82) is 0 Å². The van der Waals surface area contributed by atoms with E-state index in [0.29, 0.717) is 0 Å². The van der Waals surface area contributed by atoms with Crippen LogP contribution in [-0.2, 0) is 27.0 Å². The van der Waals surface area contributed by atoms with Gasteiger partial charge in [-0.05, 0) is 0 Å². The smallest absolute Gasteiger partial charge is 0.335 e. The number of rotatable bonds is 5. The van der Waals surface area contributed by atoms with Crippen molar-refractivity contribution in [3.63, 3.8) is 0 Å². The predicted octanol–water partition coefficient (Wildman–Crippen LogP) is -4.23. The molecule has 0 fully saturated rings. The summed E-state index contributed by atoms with van der Waals surface area (Å²) in [6, 6.07) is 0. The van der Waals surface area contributed by atoms with E-state index in [0.717, 1.165) is 0 Å². The monoisotopic (exact) mass is 280 g/mol. The molecular formula is C6H12CrO9. The number of aliphatic hydroxyl groups is 4. The van der Waals surface area contributed by atoms with E-state index in [2.05, 4.69) is 0 Å². The van der Waals surface area contributed by atoms with Gasteiger partial charge in [0.15, 0.2) is 12.2 Å². The van der Waals surface area contributed by atoms with E-state index in [9.17, 15) is 9.59 Å². The molecular weight excluding hydrogens is 268 g/mol. The minimum absolute atomic E-state index is 0. The van der Waals surface area contributed by atoms with Crippen LogP contribution in [0.4, 0.5) is 0 Å². The minimum Gasteiger partial charge on any atom is -0.479 e. The third kappa shape index (κ3) is 5.38. The predicted molar refractivity (Wildman–Crippen MR) is 42.9 cm³/mol. The Morgan fingerprint density at radius 1 is 0.750 bits per heavy atom. The second-order valence-corrected chi connectivity index (χ2v) is 2.55. The summed E-state index contributed by atoms with van der Waals surface area (Å²) in [6.07, 6.45) is -9.28. The average molecular weight is 280 g/mol. The molecule has 0 aromatic carbocycles. The Hall–Kier alpha value is -0.728. The largest absolute Gasteiger partial charge is 0.479 e. The third-order valence-electron chi connectivity index (χ3n) is 1.50. The first-order valence-corrected chi connectivity index (χ1v) is 3.47. The molecule has 0 amide bonds. The first-order chi connectivity index (χ1) is 6.29. The minimum atomic E-state index is -2.36. The summed E-state index contributed by atoms with van der Waals surface area (Å²) >= 11 is 0. The molecule has 0 saturated heterocycles. The maximum atomic E-state index is 10.1. The molecule has 0 aliphatic carbocycles. The molecule has 16 heavy (non-hydrogen) atoms. The number of aliphatic hydroxyl groups excluding tert-OH is 4. The molecule has 10 heteroatoms. The van der Waals surface area contributed by atoms with Gasteiger partial charge in [-0.25, -0.2) is 9.59 Å². The Bertz CT molecular complexity index is 208. The van der Waals surface area contributed by atoms with Crippen LogP contribution >= 0.6 is 0 Å². The van der Waals surface area contributed by atoms with Crippen LogP contribution in [0.25, 0.3) is 0 Å². The van der Waals surface area contributed by atoms with Crippen LogP contribution in [0.5, 0.6) is 0 Å². The molecule has 4 unspecified atom stereocenters. The Morgan fingerprint density at radius 2 is 0.938 bits per heavy atom. The maximum Gasteiger partial charge on any atom is 0.335 e. The second kappa shape index (κ2) is 8.43. The molecule has 96 valence electrons. The van der Waals surface area contributed by atoms with E-state index in [1.54, 1.807) is 0 Å². The van der Waals surface area contributed by atoms with Gasteiger partial charge in [0, 0.05) is 17.4 Å². The van der Waals surface area contributed by atoms with Gasteiger partial charge in [0.2, 0.25) is 0 Å². The zero-order valence-electron chi connectivity index (χ0n) is 7.72. The Balaban J connectivity index is -0.000000845. The van der Waals surface area contributed by atoms with Crippen molar-refractivity contribution in [2.24, 2.45) is 0 Å². The van der Waals surface area contributed by atoms with Gasteiger partial charge in [-0.3, -0.25) is 0 Å². The summed E-state index contributed by atoms with van der Waals surface area (Å²) in [5, 5.41) is 51.5. The van der Waals surface area contributed by atoms with Crippen LogP contribution in [-0.4, -0.2) is 72.5 Å². The van der Waals surface area contributed by atoms with E-state index in [-0.39, 0.29) is 22.8 Å². The Labute approximate surface area is 100 Å². The van der Waals surface area contributed by atoms with Crippen molar-refractivity contribution in [1.82, 2.24) is 0 Å². The van der Waals surface area contributed by atoms with Crippen molar-refractivity contribution < 1.29 is 63.1 Å². The molecule has 0 radical (unpaired) electrons. The van der Waals surface area contributed by atoms with Gasteiger partial charge < -0.3 is 36.1 Å². The number of carbonyl (C=O) groups is 2. The number of hydrogen-bond acceptors (Lipinski definition) is 6. The summed E-state index contributed by atoms with van der Waals surface area (Å²) in [6.45, 7) is 0. The van der Waals surface area contributed by atoms with Crippen LogP contribution in [0, 0.1) is 0 Å². The van der Waals surface area contributed by atoms with Crippen LogP contribution in [0.1, 0.15) is 0 Å². The second-order valence-electron chi connectivity index (χ2n) is 2.55. The molecule has 8 N–H and O–H groups in total. The zero-order valence-corrected chi connectivity index (χ0v) is 8.99. The van der Waals surface area contributed by atoms with Crippen molar-refractivity contribution in [3.8, 4) is 0 Å². The third-order valence-corrected chi connectivity index (χ3v) is 1.50. The normalized spacial score (nSPS) is 17.0. The fourth-order valence-electron chi connectivity index (χ4n) is 0.666. The molecule has 0 aliphatic rings. The Kier molecular flexibility index (Phi) is 10.9. The summed E-state index contributed by atoms with van der Waals surface area (Å²) in [4.78, 5) is 20.2. The SMILES string of the molecule is O.O=C(O)C(O)C(O)C(O)C(O)C(=O)O.[Cr]. The van der Waals surface area contributed by atoms with E-state index >= 15 is 0 Å². The van der Waals surface area contributed by atoms with Crippen LogP contribution in [0.3, 0.4) is 0 Å². The van der Waals surface area contributed by atoms with Gasteiger partial charge in [-0.1, -0.05) is 0 Å². The molecule has 0 aromatic rings. The molecule has 0 aliphatic heterocycles. The first kappa shape index (κ1) is 20.7. The summed E-state index contributed by atoms with van der Waals surface area (Å²) < 4.78 is 0. The first-order valence-electron chi connectivity index (χ1n) is 3.47. The maximum absolute atomic E-state index is 10.1. The number of carboxylic acids is 2. The fraction of sp³-hybridized carbons (Fsp3) is 0.667. The van der Waals surface area contributed by atoms with Crippen molar-refractivity contribution in [3.05, 3.63) is 0 Å². The molecule has 0 saturated carbocycles. The van der Waals surface area contributed by atoms with Gasteiger partial charge in [0.1, 0.15) is 12.2 Å². The van der Waals surface area contributed by atoms with E-state index < -0.39 is 36.4 Å². The Morgan fingerprint density at radius 3 is 1.06 bits per heavy atom. The van der Waals surface area contributed by atoms with E-state index in [1.165, 1.54) is 0 Å². The molecule has 0 spiro atoms. The molecule has 0 rings (SSSR count). The van der Waals surface area contributed by atoms with Crippen LogP contribution in [0.15, 0.2) is 0 Å². The standard InChI is InChI=1S/C6H10O8.Cr.H2O/c7-1(3(9)5(11)12)2(8)4(10)6(13)14;;/h1-4,7-10H,(H,11,12)(H,13,14);;1H2. The fourth-order valence-corrected chi connectivity index (χ4v) is 0.666. The number of aliphatic carboxylic acids is 2.